The highest BCUT2D eigenvalue weighted by atomic mass is 14.4. The predicted molar refractivity (Wildman–Crippen MR) is 100 cm³/mol. The van der Waals surface area contributed by atoms with Crippen LogP contribution in [-0.2, 0) is 11.8 Å². The van der Waals surface area contributed by atoms with Crippen LogP contribution in [0.4, 0.5) is 0 Å². The zero-order valence-electron chi connectivity index (χ0n) is 15.3. The van der Waals surface area contributed by atoms with Crippen LogP contribution in [0.2, 0.25) is 0 Å². The molecule has 0 amide bonds. The van der Waals surface area contributed by atoms with E-state index in [9.17, 15) is 0 Å². The average molecular weight is 306 g/mol. The summed E-state index contributed by atoms with van der Waals surface area (Å²) in [6.45, 7) is 11.6. The largest absolute Gasteiger partial charge is 0.0628 e. The Labute approximate surface area is 141 Å². The molecule has 1 aliphatic carbocycles. The molecule has 3 rings (SSSR count). The first kappa shape index (κ1) is 16.3. The summed E-state index contributed by atoms with van der Waals surface area (Å²) in [5, 5.41) is 0. The second kappa shape index (κ2) is 6.15. The Balaban J connectivity index is 2.09. The minimum atomic E-state index is 0.250. The Morgan fingerprint density at radius 3 is 2.30 bits per heavy atom. The Kier molecular flexibility index (Phi) is 4.36. The van der Waals surface area contributed by atoms with Crippen molar-refractivity contribution in [2.45, 2.75) is 65.2 Å². The Morgan fingerprint density at radius 1 is 1.00 bits per heavy atom. The topological polar surface area (TPSA) is 0 Å². The van der Waals surface area contributed by atoms with Crippen LogP contribution in [0.25, 0.3) is 0 Å². The fourth-order valence-electron chi connectivity index (χ4n) is 4.34. The van der Waals surface area contributed by atoms with Crippen LogP contribution in [0.15, 0.2) is 42.5 Å². The van der Waals surface area contributed by atoms with Crippen molar-refractivity contribution in [2.75, 3.05) is 0 Å². The molecule has 0 saturated carbocycles. The Hall–Kier alpha value is -1.56. The average Bonchev–Trinajstić information content (AvgIpc) is 2.50. The van der Waals surface area contributed by atoms with E-state index < -0.39 is 0 Å². The van der Waals surface area contributed by atoms with E-state index in [4.69, 9.17) is 0 Å². The molecule has 0 bridgehead atoms. The molecule has 122 valence electrons. The molecule has 2 atom stereocenters. The van der Waals surface area contributed by atoms with Gasteiger partial charge in [0, 0.05) is 0 Å². The van der Waals surface area contributed by atoms with E-state index in [2.05, 4.69) is 77.1 Å². The molecular weight excluding hydrogens is 276 g/mol. The maximum absolute atomic E-state index is 2.49. The summed E-state index contributed by atoms with van der Waals surface area (Å²) < 4.78 is 0. The molecule has 0 spiro atoms. The molecule has 1 aliphatic rings. The SMILES string of the molecule is Cc1ccc([C@@]2(C)CCc3cc(C)ccc3[C@H]2CC(C)C)cc1. The van der Waals surface area contributed by atoms with E-state index in [1.807, 2.05) is 0 Å². The van der Waals surface area contributed by atoms with Gasteiger partial charge < -0.3 is 0 Å². The molecule has 0 nitrogen and oxygen atoms in total. The van der Waals surface area contributed by atoms with E-state index in [1.54, 1.807) is 11.1 Å². The summed E-state index contributed by atoms with van der Waals surface area (Å²) in [5.74, 6) is 1.34. The second-order valence-corrected chi connectivity index (χ2v) is 8.17. The molecule has 2 aromatic carbocycles. The molecule has 0 heterocycles. The summed E-state index contributed by atoms with van der Waals surface area (Å²) in [6, 6.07) is 16.4. The zero-order chi connectivity index (χ0) is 16.6. The molecular formula is C23H30. The standard InChI is InChI=1S/C23H30/c1-16(2)14-22-21-11-8-18(4)15-19(21)12-13-23(22,5)20-9-6-17(3)7-10-20/h6-11,15-16,22H,12-14H2,1-5H3/t22-,23-/m1/s1. The summed E-state index contributed by atoms with van der Waals surface area (Å²) in [6.07, 6.45) is 3.72. The van der Waals surface area contributed by atoms with Crippen LogP contribution in [0.1, 0.15) is 67.3 Å². The van der Waals surface area contributed by atoms with Gasteiger partial charge in [-0.2, -0.15) is 0 Å². The van der Waals surface area contributed by atoms with E-state index in [0.29, 0.717) is 5.92 Å². The maximum atomic E-state index is 2.49. The number of fused-ring (bicyclic) bond motifs is 1. The molecule has 23 heavy (non-hydrogen) atoms. The summed E-state index contributed by atoms with van der Waals surface area (Å²) in [5.41, 5.74) is 7.69. The monoisotopic (exact) mass is 306 g/mol. The van der Waals surface area contributed by atoms with E-state index >= 15 is 0 Å². The number of hydrogen-bond donors (Lipinski definition) is 0. The quantitative estimate of drug-likeness (QED) is 0.621. The number of aryl methyl sites for hydroxylation is 3. The highest BCUT2D eigenvalue weighted by Gasteiger charge is 2.40. The number of hydrogen-bond acceptors (Lipinski definition) is 0. The molecule has 0 heteroatoms. The third-order valence-electron chi connectivity index (χ3n) is 5.77. The fourth-order valence-corrected chi connectivity index (χ4v) is 4.34. The molecule has 2 aromatic rings. The van der Waals surface area contributed by atoms with Crippen LogP contribution in [0.3, 0.4) is 0 Å². The van der Waals surface area contributed by atoms with Gasteiger partial charge in [-0.3, -0.25) is 0 Å². The lowest BCUT2D eigenvalue weighted by Crippen LogP contribution is -2.36. The smallest absolute Gasteiger partial charge is 0.000329 e. The van der Waals surface area contributed by atoms with Crippen molar-refractivity contribution in [1.29, 1.82) is 0 Å². The highest BCUT2D eigenvalue weighted by molar-refractivity contribution is 5.43. The van der Waals surface area contributed by atoms with Gasteiger partial charge in [0.2, 0.25) is 0 Å². The number of benzene rings is 2. The van der Waals surface area contributed by atoms with Crippen LogP contribution in [0, 0.1) is 19.8 Å². The van der Waals surface area contributed by atoms with Gasteiger partial charge in [0.25, 0.3) is 0 Å². The van der Waals surface area contributed by atoms with E-state index in [0.717, 1.165) is 5.92 Å². The third-order valence-corrected chi connectivity index (χ3v) is 5.77. The van der Waals surface area contributed by atoms with E-state index in [-0.39, 0.29) is 5.41 Å². The van der Waals surface area contributed by atoms with Gasteiger partial charge in [0.1, 0.15) is 0 Å². The first-order chi connectivity index (χ1) is 10.9. The lowest BCUT2D eigenvalue weighted by Gasteiger charge is -2.44. The van der Waals surface area contributed by atoms with Crippen molar-refractivity contribution in [3.63, 3.8) is 0 Å². The van der Waals surface area contributed by atoms with Crippen molar-refractivity contribution >= 4 is 0 Å². The van der Waals surface area contributed by atoms with E-state index in [1.165, 1.54) is 36.0 Å². The number of rotatable bonds is 3. The van der Waals surface area contributed by atoms with Crippen LogP contribution < -0.4 is 0 Å². The minimum Gasteiger partial charge on any atom is -0.0628 e. The minimum absolute atomic E-state index is 0.250. The van der Waals surface area contributed by atoms with Crippen molar-refractivity contribution in [1.82, 2.24) is 0 Å². The lowest BCUT2D eigenvalue weighted by atomic mass is 9.59. The lowest BCUT2D eigenvalue weighted by molar-refractivity contribution is 0.288. The third kappa shape index (κ3) is 3.09. The fraction of sp³-hybridized carbons (Fsp3) is 0.478. The van der Waals surface area contributed by atoms with Gasteiger partial charge >= 0.3 is 0 Å². The Morgan fingerprint density at radius 2 is 1.65 bits per heavy atom. The van der Waals surface area contributed by atoms with Crippen molar-refractivity contribution in [2.24, 2.45) is 5.92 Å². The summed E-state index contributed by atoms with van der Waals surface area (Å²) in [7, 11) is 0. The zero-order valence-corrected chi connectivity index (χ0v) is 15.3. The molecule has 0 aliphatic heterocycles. The molecule has 0 radical (unpaired) electrons. The summed E-state index contributed by atoms with van der Waals surface area (Å²) >= 11 is 0. The van der Waals surface area contributed by atoms with Gasteiger partial charge in [-0.15, -0.1) is 0 Å². The normalized spacial score (nSPS) is 23.8. The highest BCUT2D eigenvalue weighted by Crippen LogP contribution is 2.50. The molecule has 0 saturated heterocycles. The first-order valence-electron chi connectivity index (χ1n) is 9.07. The molecule has 0 fully saturated rings. The van der Waals surface area contributed by atoms with Crippen molar-refractivity contribution in [3.05, 3.63) is 70.3 Å². The predicted octanol–water partition coefficient (Wildman–Crippen LogP) is 6.34. The first-order valence-corrected chi connectivity index (χ1v) is 9.07. The van der Waals surface area contributed by atoms with Crippen molar-refractivity contribution < 1.29 is 0 Å². The van der Waals surface area contributed by atoms with Crippen LogP contribution >= 0.6 is 0 Å². The second-order valence-electron chi connectivity index (χ2n) is 8.17. The van der Waals surface area contributed by atoms with Gasteiger partial charge in [-0.05, 0) is 67.1 Å². The molecule has 0 N–H and O–H groups in total. The van der Waals surface area contributed by atoms with Gasteiger partial charge in [0.05, 0.1) is 0 Å². The Bertz CT molecular complexity index is 678. The van der Waals surface area contributed by atoms with Crippen molar-refractivity contribution in [3.8, 4) is 0 Å². The molecule has 0 unspecified atom stereocenters. The van der Waals surface area contributed by atoms with Gasteiger partial charge in [-0.25, -0.2) is 0 Å². The van der Waals surface area contributed by atoms with Gasteiger partial charge in [-0.1, -0.05) is 74.4 Å². The van der Waals surface area contributed by atoms with Crippen LogP contribution in [-0.4, -0.2) is 0 Å². The van der Waals surface area contributed by atoms with Crippen LogP contribution in [0.5, 0.6) is 0 Å². The maximum Gasteiger partial charge on any atom is -0.000329 e. The molecule has 0 aromatic heterocycles. The summed E-state index contributed by atoms with van der Waals surface area (Å²) in [4.78, 5) is 0. The van der Waals surface area contributed by atoms with Gasteiger partial charge in [0.15, 0.2) is 0 Å².